The van der Waals surface area contributed by atoms with Crippen LogP contribution < -0.4 is 0 Å². The van der Waals surface area contributed by atoms with Crippen LogP contribution in [0, 0.1) is 5.92 Å². The molecule has 1 aliphatic rings. The molecular formula is C13H18ClNO3S. The van der Waals surface area contributed by atoms with Gasteiger partial charge in [0.25, 0.3) is 0 Å². The zero-order valence-electron chi connectivity index (χ0n) is 11.0. The molecule has 0 bridgehead atoms. The van der Waals surface area contributed by atoms with E-state index in [0.717, 1.165) is 16.4 Å². The highest BCUT2D eigenvalue weighted by atomic mass is 35.5. The molecular weight excluding hydrogens is 286 g/mol. The summed E-state index contributed by atoms with van der Waals surface area (Å²) in [6.07, 6.45) is 0. The summed E-state index contributed by atoms with van der Waals surface area (Å²) in [6, 6.07) is 2.02. The Bertz CT molecular complexity index is 451. The molecule has 1 aliphatic heterocycles. The number of hydrogen-bond acceptors (Lipinski definition) is 4. The Labute approximate surface area is 121 Å². The minimum absolute atomic E-state index is 0.0730. The Morgan fingerprint density at radius 1 is 1.68 bits per heavy atom. The van der Waals surface area contributed by atoms with Crippen molar-refractivity contribution in [2.24, 2.45) is 5.92 Å². The number of ether oxygens (including phenoxy) is 1. The summed E-state index contributed by atoms with van der Waals surface area (Å²) in [5, 5.41) is 11.3. The minimum Gasteiger partial charge on any atom is -0.481 e. The first-order chi connectivity index (χ1) is 9.04. The van der Waals surface area contributed by atoms with Gasteiger partial charge in [-0.05, 0) is 30.5 Å². The Balaban J connectivity index is 2.17. The Morgan fingerprint density at radius 3 is 2.95 bits per heavy atom. The van der Waals surface area contributed by atoms with E-state index in [4.69, 9.17) is 16.3 Å². The van der Waals surface area contributed by atoms with Crippen LogP contribution >= 0.6 is 22.9 Å². The summed E-state index contributed by atoms with van der Waals surface area (Å²) in [7, 11) is 0. The fourth-order valence-electron chi connectivity index (χ4n) is 2.64. The summed E-state index contributed by atoms with van der Waals surface area (Å²) in [6.45, 7) is 5.69. The third-order valence-electron chi connectivity index (χ3n) is 3.73. The van der Waals surface area contributed by atoms with Gasteiger partial charge in [0.2, 0.25) is 0 Å². The van der Waals surface area contributed by atoms with Crippen molar-refractivity contribution in [2.75, 3.05) is 19.8 Å². The Kier molecular flexibility index (Phi) is 4.84. The molecule has 0 spiro atoms. The lowest BCUT2D eigenvalue weighted by Crippen LogP contribution is -2.44. The van der Waals surface area contributed by atoms with E-state index in [2.05, 4.69) is 11.8 Å². The number of likely N-dealkylation sites (N-methyl/N-ethyl adjacent to an activating group) is 1. The lowest BCUT2D eigenvalue weighted by Gasteiger charge is -2.34. The van der Waals surface area contributed by atoms with E-state index >= 15 is 0 Å². The third-order valence-corrected chi connectivity index (χ3v) is 4.84. The number of carboxylic acid groups (broad SMARTS) is 1. The summed E-state index contributed by atoms with van der Waals surface area (Å²) in [5.41, 5.74) is 1.13. The second-order valence-corrected chi connectivity index (χ2v) is 6.28. The molecule has 19 heavy (non-hydrogen) atoms. The molecule has 0 radical (unpaired) electrons. The number of carboxylic acids is 1. The van der Waals surface area contributed by atoms with E-state index in [1.54, 1.807) is 0 Å². The van der Waals surface area contributed by atoms with E-state index in [0.29, 0.717) is 13.2 Å². The number of halogens is 1. The van der Waals surface area contributed by atoms with Gasteiger partial charge >= 0.3 is 5.97 Å². The van der Waals surface area contributed by atoms with Gasteiger partial charge in [0.1, 0.15) is 0 Å². The van der Waals surface area contributed by atoms with Crippen molar-refractivity contribution in [1.82, 2.24) is 4.90 Å². The Hall–Kier alpha value is -0.620. The topological polar surface area (TPSA) is 49.8 Å². The monoisotopic (exact) mass is 303 g/mol. The fraction of sp³-hybridized carbons (Fsp3) is 0.615. The number of hydrogen-bond donors (Lipinski definition) is 1. The van der Waals surface area contributed by atoms with Gasteiger partial charge in [-0.25, -0.2) is 0 Å². The largest absolute Gasteiger partial charge is 0.481 e. The standard InChI is InChI=1S/C13H18ClNO3S/c1-3-15(8(2)9-4-12(14)19-7-9)11-6-18-5-10(11)13(16)17/h4,7-8,10-11H,3,5-6H2,1-2H3,(H,16,17). The average Bonchev–Trinajstić information content (AvgIpc) is 2.98. The molecule has 1 aromatic heterocycles. The average molecular weight is 304 g/mol. The highest BCUT2D eigenvalue weighted by Crippen LogP contribution is 2.32. The van der Waals surface area contributed by atoms with Crippen LogP contribution in [0.15, 0.2) is 11.4 Å². The molecule has 6 heteroatoms. The van der Waals surface area contributed by atoms with Crippen LogP contribution in [0.3, 0.4) is 0 Å². The van der Waals surface area contributed by atoms with Crippen LogP contribution in [-0.4, -0.2) is 41.8 Å². The van der Waals surface area contributed by atoms with Gasteiger partial charge < -0.3 is 9.84 Å². The number of rotatable bonds is 5. The van der Waals surface area contributed by atoms with Gasteiger partial charge in [0.15, 0.2) is 0 Å². The van der Waals surface area contributed by atoms with E-state index in [9.17, 15) is 9.90 Å². The van der Waals surface area contributed by atoms with Crippen molar-refractivity contribution < 1.29 is 14.6 Å². The van der Waals surface area contributed by atoms with E-state index in [1.165, 1.54) is 11.3 Å². The van der Waals surface area contributed by atoms with Crippen molar-refractivity contribution in [1.29, 1.82) is 0 Å². The van der Waals surface area contributed by atoms with Gasteiger partial charge in [-0.15, -0.1) is 11.3 Å². The minimum atomic E-state index is -0.781. The number of thiophene rings is 1. The lowest BCUT2D eigenvalue weighted by atomic mass is 9.99. The third kappa shape index (κ3) is 3.11. The van der Waals surface area contributed by atoms with Crippen LogP contribution in [0.5, 0.6) is 0 Å². The molecule has 0 amide bonds. The molecule has 3 atom stereocenters. The van der Waals surface area contributed by atoms with Crippen LogP contribution in [0.1, 0.15) is 25.5 Å². The van der Waals surface area contributed by atoms with Crippen LogP contribution in [0.4, 0.5) is 0 Å². The van der Waals surface area contributed by atoms with Gasteiger partial charge in [-0.1, -0.05) is 18.5 Å². The molecule has 2 rings (SSSR count). The van der Waals surface area contributed by atoms with Gasteiger partial charge in [-0.2, -0.15) is 0 Å². The second kappa shape index (κ2) is 6.22. The first-order valence-electron chi connectivity index (χ1n) is 6.34. The highest BCUT2D eigenvalue weighted by molar-refractivity contribution is 7.14. The smallest absolute Gasteiger partial charge is 0.310 e. The molecule has 0 aliphatic carbocycles. The molecule has 3 unspecified atom stereocenters. The van der Waals surface area contributed by atoms with Crippen LogP contribution in [0.2, 0.25) is 4.34 Å². The number of aliphatic carboxylic acids is 1. The SMILES string of the molecule is CCN(C(C)c1csc(Cl)c1)C1COCC1C(=O)O. The predicted molar refractivity (Wildman–Crippen MR) is 75.9 cm³/mol. The van der Waals surface area contributed by atoms with Crippen molar-refractivity contribution in [3.05, 3.63) is 21.3 Å². The summed E-state index contributed by atoms with van der Waals surface area (Å²) in [5.74, 6) is -1.23. The predicted octanol–water partition coefficient (Wildman–Crippen LogP) is 2.88. The fourth-order valence-corrected chi connectivity index (χ4v) is 3.61. The number of nitrogens with zero attached hydrogens (tertiary/aromatic N) is 1. The normalized spacial score (nSPS) is 24.8. The molecule has 106 valence electrons. The molecule has 1 aromatic rings. The lowest BCUT2D eigenvalue weighted by molar-refractivity contribution is -0.143. The maximum absolute atomic E-state index is 11.3. The highest BCUT2D eigenvalue weighted by Gasteiger charge is 2.39. The summed E-state index contributed by atoms with van der Waals surface area (Å²) < 4.78 is 6.12. The van der Waals surface area contributed by atoms with Crippen molar-refractivity contribution >= 4 is 28.9 Å². The van der Waals surface area contributed by atoms with E-state index < -0.39 is 11.9 Å². The van der Waals surface area contributed by atoms with Crippen LogP contribution in [-0.2, 0) is 9.53 Å². The van der Waals surface area contributed by atoms with Crippen molar-refractivity contribution in [3.63, 3.8) is 0 Å². The molecule has 0 saturated carbocycles. The quantitative estimate of drug-likeness (QED) is 0.908. The zero-order chi connectivity index (χ0) is 14.0. The van der Waals surface area contributed by atoms with Crippen LogP contribution in [0.25, 0.3) is 0 Å². The first-order valence-corrected chi connectivity index (χ1v) is 7.60. The van der Waals surface area contributed by atoms with E-state index in [-0.39, 0.29) is 12.1 Å². The maximum Gasteiger partial charge on any atom is 0.310 e. The van der Waals surface area contributed by atoms with E-state index in [1.807, 2.05) is 18.4 Å². The molecule has 2 heterocycles. The molecule has 4 nitrogen and oxygen atoms in total. The van der Waals surface area contributed by atoms with Crippen molar-refractivity contribution in [3.8, 4) is 0 Å². The molecule has 0 aromatic carbocycles. The number of carbonyl (C=O) groups is 1. The van der Waals surface area contributed by atoms with Crippen molar-refractivity contribution in [2.45, 2.75) is 25.9 Å². The van der Waals surface area contributed by atoms with Gasteiger partial charge in [0.05, 0.1) is 23.5 Å². The summed E-state index contributed by atoms with van der Waals surface area (Å²) in [4.78, 5) is 13.5. The molecule has 1 saturated heterocycles. The molecule has 1 N–H and O–H groups in total. The van der Waals surface area contributed by atoms with Gasteiger partial charge in [0, 0.05) is 12.1 Å². The Morgan fingerprint density at radius 2 is 2.42 bits per heavy atom. The molecule has 1 fully saturated rings. The summed E-state index contributed by atoms with van der Waals surface area (Å²) >= 11 is 7.47. The first kappa shape index (κ1) is 14.8. The second-order valence-electron chi connectivity index (χ2n) is 4.74. The maximum atomic E-state index is 11.3. The zero-order valence-corrected chi connectivity index (χ0v) is 12.6. The van der Waals surface area contributed by atoms with Gasteiger partial charge in [-0.3, -0.25) is 9.69 Å².